The Morgan fingerprint density at radius 1 is 1.12 bits per heavy atom. The molecule has 1 heterocycles. The molecular formula is C14H16N2O. The Morgan fingerprint density at radius 2 is 1.88 bits per heavy atom. The van der Waals surface area contributed by atoms with Gasteiger partial charge in [0.05, 0.1) is 11.7 Å². The van der Waals surface area contributed by atoms with Gasteiger partial charge in [0.15, 0.2) is 0 Å². The number of rotatable bonds is 1. The highest BCUT2D eigenvalue weighted by atomic mass is 16.2. The lowest BCUT2D eigenvalue weighted by Gasteiger charge is -2.17. The summed E-state index contributed by atoms with van der Waals surface area (Å²) in [6, 6.07) is 8.12. The predicted molar refractivity (Wildman–Crippen MR) is 68.5 cm³/mol. The highest BCUT2D eigenvalue weighted by molar-refractivity contribution is 6.53. The second kappa shape index (κ2) is 4.32. The average molecular weight is 228 g/mol. The van der Waals surface area contributed by atoms with E-state index in [1.807, 2.05) is 24.3 Å². The second-order valence-corrected chi connectivity index (χ2v) is 4.77. The van der Waals surface area contributed by atoms with Crippen LogP contribution in [0.4, 0.5) is 5.69 Å². The van der Waals surface area contributed by atoms with Gasteiger partial charge in [0.25, 0.3) is 5.91 Å². The average Bonchev–Trinajstić information content (AvgIpc) is 2.68. The monoisotopic (exact) mass is 228 g/mol. The number of aliphatic imine (C=N–C) groups is 1. The Bertz CT molecular complexity index is 473. The summed E-state index contributed by atoms with van der Waals surface area (Å²) in [6.07, 6.45) is 6.04. The topological polar surface area (TPSA) is 41.5 Å². The van der Waals surface area contributed by atoms with Gasteiger partial charge in [0.2, 0.25) is 0 Å². The second-order valence-electron chi connectivity index (χ2n) is 4.77. The summed E-state index contributed by atoms with van der Waals surface area (Å²) in [5.41, 5.74) is 2.49. The lowest BCUT2D eigenvalue weighted by Crippen LogP contribution is -2.19. The molecule has 0 radical (unpaired) electrons. The molecule has 88 valence electrons. The summed E-state index contributed by atoms with van der Waals surface area (Å²) < 4.78 is 0. The van der Waals surface area contributed by atoms with Crippen molar-refractivity contribution < 1.29 is 4.79 Å². The smallest absolute Gasteiger partial charge is 0.274 e. The minimum absolute atomic E-state index is 0.0447. The zero-order valence-electron chi connectivity index (χ0n) is 9.78. The number of hydrogen-bond donors (Lipinski definition) is 1. The van der Waals surface area contributed by atoms with E-state index in [4.69, 9.17) is 0 Å². The third kappa shape index (κ3) is 1.97. The van der Waals surface area contributed by atoms with E-state index in [-0.39, 0.29) is 5.91 Å². The maximum atomic E-state index is 11.9. The molecule has 0 saturated heterocycles. The van der Waals surface area contributed by atoms with Crippen LogP contribution >= 0.6 is 0 Å². The van der Waals surface area contributed by atoms with E-state index in [2.05, 4.69) is 10.3 Å². The Kier molecular flexibility index (Phi) is 2.67. The number of carbonyl (C=O) groups excluding carboxylic acids is 1. The molecule has 1 aromatic carbocycles. The van der Waals surface area contributed by atoms with Crippen molar-refractivity contribution >= 4 is 17.3 Å². The van der Waals surface area contributed by atoms with Gasteiger partial charge in [-0.05, 0) is 18.9 Å². The summed E-state index contributed by atoms with van der Waals surface area (Å²) in [5, 5.41) is 2.87. The quantitative estimate of drug-likeness (QED) is 0.789. The van der Waals surface area contributed by atoms with Crippen molar-refractivity contribution in [2.24, 2.45) is 4.99 Å². The summed E-state index contributed by atoms with van der Waals surface area (Å²) in [7, 11) is 0. The number of amides is 1. The molecule has 1 aliphatic heterocycles. The molecule has 0 unspecified atom stereocenters. The fraction of sp³-hybridized carbons (Fsp3) is 0.429. The van der Waals surface area contributed by atoms with Crippen LogP contribution in [0.5, 0.6) is 0 Å². The number of fused-ring (bicyclic) bond motifs is 1. The van der Waals surface area contributed by atoms with Crippen LogP contribution in [-0.2, 0) is 4.79 Å². The molecule has 1 amide bonds. The first-order valence-corrected chi connectivity index (χ1v) is 6.33. The number of carbonyl (C=O) groups is 1. The predicted octanol–water partition coefficient (Wildman–Crippen LogP) is 2.76. The van der Waals surface area contributed by atoms with Gasteiger partial charge in [0.1, 0.15) is 5.71 Å². The first-order valence-electron chi connectivity index (χ1n) is 6.33. The maximum Gasteiger partial charge on any atom is 0.274 e. The molecule has 0 aromatic heterocycles. The standard InChI is InChI=1S/C14H16N2O/c17-14-13(15-10-6-2-1-3-7-10)11-8-4-5-9-12(11)16-14/h4-5,8-10H,1-3,6-7H2,(H,15,16,17). The number of benzene rings is 1. The molecule has 0 atom stereocenters. The van der Waals surface area contributed by atoms with Crippen molar-refractivity contribution in [2.45, 2.75) is 38.1 Å². The summed E-state index contributed by atoms with van der Waals surface area (Å²) in [5.74, 6) is -0.0447. The molecule has 1 N–H and O–H groups in total. The molecule has 2 aliphatic rings. The Balaban J connectivity index is 1.92. The lowest BCUT2D eigenvalue weighted by atomic mass is 9.95. The number of nitrogens with one attached hydrogen (secondary N) is 1. The number of anilines is 1. The van der Waals surface area contributed by atoms with Gasteiger partial charge in [0, 0.05) is 5.56 Å². The van der Waals surface area contributed by atoms with Crippen molar-refractivity contribution in [3.8, 4) is 0 Å². The first-order chi connectivity index (χ1) is 8.34. The summed E-state index contributed by atoms with van der Waals surface area (Å²) in [6.45, 7) is 0. The largest absolute Gasteiger partial charge is 0.320 e. The van der Waals surface area contributed by atoms with Crippen molar-refractivity contribution in [3.63, 3.8) is 0 Å². The number of para-hydroxylation sites is 1. The molecule has 3 nitrogen and oxygen atoms in total. The van der Waals surface area contributed by atoms with E-state index in [9.17, 15) is 4.79 Å². The zero-order valence-corrected chi connectivity index (χ0v) is 9.78. The molecule has 0 bridgehead atoms. The van der Waals surface area contributed by atoms with Gasteiger partial charge < -0.3 is 5.32 Å². The van der Waals surface area contributed by atoms with Gasteiger partial charge >= 0.3 is 0 Å². The van der Waals surface area contributed by atoms with Crippen LogP contribution in [0.2, 0.25) is 0 Å². The molecule has 1 aromatic rings. The molecule has 1 fully saturated rings. The minimum atomic E-state index is -0.0447. The van der Waals surface area contributed by atoms with Crippen LogP contribution in [0, 0.1) is 0 Å². The number of nitrogens with zero attached hydrogens (tertiary/aromatic N) is 1. The van der Waals surface area contributed by atoms with E-state index in [0.717, 1.165) is 24.1 Å². The van der Waals surface area contributed by atoms with E-state index >= 15 is 0 Å². The van der Waals surface area contributed by atoms with Gasteiger partial charge in [-0.2, -0.15) is 0 Å². The normalized spacial score (nSPS) is 22.6. The molecule has 1 aliphatic carbocycles. The van der Waals surface area contributed by atoms with E-state index in [1.165, 1.54) is 19.3 Å². The van der Waals surface area contributed by atoms with E-state index in [1.54, 1.807) is 0 Å². The van der Waals surface area contributed by atoms with Gasteiger partial charge in [-0.25, -0.2) is 0 Å². The van der Waals surface area contributed by atoms with Gasteiger partial charge in [-0.15, -0.1) is 0 Å². The van der Waals surface area contributed by atoms with Crippen LogP contribution in [0.25, 0.3) is 0 Å². The van der Waals surface area contributed by atoms with Crippen molar-refractivity contribution in [1.29, 1.82) is 0 Å². The third-order valence-corrected chi connectivity index (χ3v) is 3.53. The maximum absolute atomic E-state index is 11.9. The molecule has 3 rings (SSSR count). The van der Waals surface area contributed by atoms with E-state index < -0.39 is 0 Å². The van der Waals surface area contributed by atoms with Crippen molar-refractivity contribution in [1.82, 2.24) is 0 Å². The van der Waals surface area contributed by atoms with Crippen LogP contribution in [0.15, 0.2) is 29.3 Å². The summed E-state index contributed by atoms with van der Waals surface area (Å²) in [4.78, 5) is 16.5. The lowest BCUT2D eigenvalue weighted by molar-refractivity contribution is -0.110. The highest BCUT2D eigenvalue weighted by Gasteiger charge is 2.26. The Morgan fingerprint density at radius 3 is 2.71 bits per heavy atom. The molecule has 0 spiro atoms. The Hall–Kier alpha value is -1.64. The van der Waals surface area contributed by atoms with Crippen LogP contribution in [0.3, 0.4) is 0 Å². The molecule has 1 saturated carbocycles. The minimum Gasteiger partial charge on any atom is -0.320 e. The van der Waals surface area contributed by atoms with Crippen molar-refractivity contribution in [2.75, 3.05) is 5.32 Å². The van der Waals surface area contributed by atoms with Gasteiger partial charge in [-0.1, -0.05) is 37.5 Å². The molecular weight excluding hydrogens is 212 g/mol. The third-order valence-electron chi connectivity index (χ3n) is 3.53. The van der Waals surface area contributed by atoms with Crippen molar-refractivity contribution in [3.05, 3.63) is 29.8 Å². The molecule has 17 heavy (non-hydrogen) atoms. The van der Waals surface area contributed by atoms with Gasteiger partial charge in [-0.3, -0.25) is 9.79 Å². The first kappa shape index (κ1) is 10.5. The zero-order chi connectivity index (χ0) is 11.7. The number of hydrogen-bond acceptors (Lipinski definition) is 2. The fourth-order valence-electron chi connectivity index (χ4n) is 2.62. The SMILES string of the molecule is O=C1Nc2ccccc2C1=NC1CCCCC1. The van der Waals surface area contributed by atoms with Crippen LogP contribution in [0.1, 0.15) is 37.7 Å². The Labute approximate surface area is 101 Å². The summed E-state index contributed by atoms with van der Waals surface area (Å²) >= 11 is 0. The molecule has 3 heteroatoms. The fourth-order valence-corrected chi connectivity index (χ4v) is 2.62. The van der Waals surface area contributed by atoms with Crippen LogP contribution in [-0.4, -0.2) is 17.7 Å². The van der Waals surface area contributed by atoms with E-state index in [0.29, 0.717) is 11.8 Å². The highest BCUT2D eigenvalue weighted by Crippen LogP contribution is 2.26. The van der Waals surface area contributed by atoms with Crippen LogP contribution < -0.4 is 5.32 Å².